The molecule has 1 aliphatic carbocycles. The van der Waals surface area contributed by atoms with Crippen molar-refractivity contribution in [3.63, 3.8) is 0 Å². The van der Waals surface area contributed by atoms with Crippen molar-refractivity contribution in [2.75, 3.05) is 33.4 Å². The largest absolute Gasteiger partial charge is 0.381 e. The second-order valence-corrected chi connectivity index (χ2v) is 10.8. The number of alkyl halides is 1. The molecule has 31 heavy (non-hydrogen) atoms. The summed E-state index contributed by atoms with van der Waals surface area (Å²) in [4.78, 5) is 30.4. The van der Waals surface area contributed by atoms with E-state index in [0.717, 1.165) is 45.4 Å². The zero-order valence-corrected chi connectivity index (χ0v) is 20.7. The first-order chi connectivity index (χ1) is 14.7. The van der Waals surface area contributed by atoms with Gasteiger partial charge in [-0.2, -0.15) is 0 Å². The lowest BCUT2D eigenvalue weighted by molar-refractivity contribution is -0.142. The van der Waals surface area contributed by atoms with Gasteiger partial charge in [0.25, 0.3) is 0 Å². The number of nitrogens with one attached hydrogen (secondary N) is 1. The minimum atomic E-state index is -0.138. The third-order valence-corrected chi connectivity index (χ3v) is 8.61. The molecule has 2 amide bonds. The van der Waals surface area contributed by atoms with Crippen molar-refractivity contribution < 1.29 is 14.3 Å². The number of hydrogen-bond donors (Lipinski definition) is 1. The minimum Gasteiger partial charge on any atom is -0.381 e. The molecule has 3 aliphatic rings. The van der Waals surface area contributed by atoms with Gasteiger partial charge in [0, 0.05) is 56.2 Å². The highest BCUT2D eigenvalue weighted by Gasteiger charge is 2.43. The van der Waals surface area contributed by atoms with E-state index in [1.165, 1.54) is 0 Å². The van der Waals surface area contributed by atoms with Crippen LogP contribution in [-0.2, 0) is 14.3 Å². The van der Waals surface area contributed by atoms with Gasteiger partial charge in [-0.05, 0) is 57.4 Å². The molecule has 6 nitrogen and oxygen atoms in total. The monoisotopic (exact) mass is 455 g/mol. The van der Waals surface area contributed by atoms with Gasteiger partial charge >= 0.3 is 0 Å². The molecule has 1 N–H and O–H groups in total. The number of amides is 2. The van der Waals surface area contributed by atoms with E-state index in [2.05, 4.69) is 37.9 Å². The van der Waals surface area contributed by atoms with Gasteiger partial charge in [0.05, 0.1) is 5.92 Å². The van der Waals surface area contributed by atoms with E-state index in [-0.39, 0.29) is 46.9 Å². The number of ether oxygens (including phenoxy) is 1. The Balaban J connectivity index is 1.64. The molecule has 2 heterocycles. The maximum Gasteiger partial charge on any atom is 0.227 e. The molecule has 2 saturated heterocycles. The van der Waals surface area contributed by atoms with Crippen molar-refractivity contribution in [2.45, 2.75) is 83.3 Å². The first kappa shape index (κ1) is 24.8. The van der Waals surface area contributed by atoms with E-state index in [0.29, 0.717) is 25.0 Å². The SMILES string of the molecule is CCN(C1CCOCC1)C1CC(Cl)CC(C(=O)NCC2C(=O)N(C)C(C)CC2C)C1C. The Hall–Kier alpha value is -0.850. The Bertz CT molecular complexity index is 627. The smallest absolute Gasteiger partial charge is 0.227 e. The Morgan fingerprint density at radius 2 is 1.87 bits per heavy atom. The van der Waals surface area contributed by atoms with Gasteiger partial charge < -0.3 is 15.0 Å². The fourth-order valence-electron chi connectivity index (χ4n) is 6.11. The number of likely N-dealkylation sites (tertiary alicyclic amines) is 1. The standard InChI is InChI=1S/C24H42ClN3O3/c1-6-28(19-7-9-31-10-8-19)22-13-18(25)12-20(17(22)4)23(29)26-14-21-15(2)11-16(3)27(5)24(21)30/h15-22H,6-14H2,1-5H3,(H,26,29). The van der Waals surface area contributed by atoms with Crippen LogP contribution in [0.1, 0.15) is 59.8 Å². The van der Waals surface area contributed by atoms with Crippen molar-refractivity contribution in [1.29, 1.82) is 0 Å². The van der Waals surface area contributed by atoms with Gasteiger partial charge in [-0.25, -0.2) is 0 Å². The number of carbonyl (C=O) groups excluding carboxylic acids is 2. The molecule has 7 unspecified atom stereocenters. The first-order valence-electron chi connectivity index (χ1n) is 12.3. The quantitative estimate of drug-likeness (QED) is 0.625. The van der Waals surface area contributed by atoms with Crippen molar-refractivity contribution in [1.82, 2.24) is 15.1 Å². The van der Waals surface area contributed by atoms with Crippen molar-refractivity contribution >= 4 is 23.4 Å². The van der Waals surface area contributed by atoms with Crippen LogP contribution in [0.15, 0.2) is 0 Å². The van der Waals surface area contributed by atoms with Crippen LogP contribution in [0.5, 0.6) is 0 Å². The molecule has 7 heteroatoms. The number of carbonyl (C=O) groups is 2. The molecule has 3 rings (SSSR count). The minimum absolute atomic E-state index is 0.00746. The van der Waals surface area contributed by atoms with Gasteiger partial charge in [-0.1, -0.05) is 20.8 Å². The van der Waals surface area contributed by atoms with Crippen LogP contribution in [0, 0.1) is 23.7 Å². The van der Waals surface area contributed by atoms with Crippen LogP contribution in [0.3, 0.4) is 0 Å². The molecule has 178 valence electrons. The molecule has 3 fully saturated rings. The number of piperidine rings is 1. The van der Waals surface area contributed by atoms with Gasteiger partial charge in [0.15, 0.2) is 0 Å². The Kier molecular flexibility index (Phi) is 8.67. The molecular weight excluding hydrogens is 414 g/mol. The molecule has 0 aromatic carbocycles. The fourth-order valence-corrected chi connectivity index (χ4v) is 6.48. The lowest BCUT2D eigenvalue weighted by atomic mass is 9.74. The van der Waals surface area contributed by atoms with E-state index in [1.54, 1.807) is 0 Å². The summed E-state index contributed by atoms with van der Waals surface area (Å²) in [7, 11) is 1.87. The van der Waals surface area contributed by atoms with Crippen LogP contribution in [-0.4, -0.2) is 78.5 Å². The zero-order valence-electron chi connectivity index (χ0n) is 20.0. The summed E-state index contributed by atoms with van der Waals surface area (Å²) in [5, 5.41) is 3.15. The molecule has 0 bridgehead atoms. The summed E-state index contributed by atoms with van der Waals surface area (Å²) in [6, 6.07) is 1.08. The van der Waals surface area contributed by atoms with E-state index in [9.17, 15) is 9.59 Å². The Morgan fingerprint density at radius 1 is 1.19 bits per heavy atom. The van der Waals surface area contributed by atoms with Crippen LogP contribution >= 0.6 is 11.6 Å². The van der Waals surface area contributed by atoms with Crippen molar-refractivity contribution in [3.8, 4) is 0 Å². The maximum absolute atomic E-state index is 13.3. The average Bonchev–Trinajstić information content (AvgIpc) is 2.75. The van der Waals surface area contributed by atoms with Crippen LogP contribution in [0.2, 0.25) is 0 Å². The predicted octanol–water partition coefficient (Wildman–Crippen LogP) is 3.13. The van der Waals surface area contributed by atoms with Crippen molar-refractivity contribution in [2.24, 2.45) is 23.7 Å². The zero-order chi connectivity index (χ0) is 22.7. The van der Waals surface area contributed by atoms with Gasteiger partial charge in [-0.3, -0.25) is 14.5 Å². The second-order valence-electron chi connectivity index (χ2n) is 10.1. The summed E-state index contributed by atoms with van der Waals surface area (Å²) in [5.41, 5.74) is 0. The predicted molar refractivity (Wildman–Crippen MR) is 124 cm³/mol. The number of halogens is 1. The summed E-state index contributed by atoms with van der Waals surface area (Å²) in [6.07, 6.45) is 4.72. The highest BCUT2D eigenvalue weighted by Crippen LogP contribution is 2.38. The van der Waals surface area contributed by atoms with E-state index in [4.69, 9.17) is 16.3 Å². The molecule has 0 spiro atoms. The molecule has 0 radical (unpaired) electrons. The highest BCUT2D eigenvalue weighted by molar-refractivity contribution is 6.20. The average molecular weight is 456 g/mol. The Labute approximate surface area is 193 Å². The van der Waals surface area contributed by atoms with Crippen LogP contribution in [0.4, 0.5) is 0 Å². The van der Waals surface area contributed by atoms with Crippen LogP contribution < -0.4 is 5.32 Å². The second kappa shape index (κ2) is 10.8. The third-order valence-electron chi connectivity index (χ3n) is 8.26. The van der Waals surface area contributed by atoms with Gasteiger partial charge in [-0.15, -0.1) is 11.6 Å². The summed E-state index contributed by atoms with van der Waals surface area (Å²) in [6.45, 7) is 11.7. The van der Waals surface area contributed by atoms with E-state index >= 15 is 0 Å². The third kappa shape index (κ3) is 5.56. The Morgan fingerprint density at radius 3 is 2.52 bits per heavy atom. The fraction of sp³-hybridized carbons (Fsp3) is 0.917. The summed E-state index contributed by atoms with van der Waals surface area (Å²) < 4.78 is 5.56. The molecule has 1 saturated carbocycles. The van der Waals surface area contributed by atoms with Gasteiger partial charge in [0.1, 0.15) is 0 Å². The maximum atomic E-state index is 13.3. The molecule has 0 aromatic rings. The molecule has 7 atom stereocenters. The highest BCUT2D eigenvalue weighted by atomic mass is 35.5. The molecule has 0 aromatic heterocycles. The topological polar surface area (TPSA) is 61.9 Å². The lowest BCUT2D eigenvalue weighted by Crippen LogP contribution is -2.56. The van der Waals surface area contributed by atoms with Crippen molar-refractivity contribution in [3.05, 3.63) is 0 Å². The number of hydrogen-bond acceptors (Lipinski definition) is 4. The van der Waals surface area contributed by atoms with Crippen LogP contribution in [0.25, 0.3) is 0 Å². The lowest BCUT2D eigenvalue weighted by Gasteiger charge is -2.47. The molecule has 2 aliphatic heterocycles. The normalized spacial score (nSPS) is 37.8. The first-order valence-corrected chi connectivity index (χ1v) is 12.7. The molecular formula is C24H42ClN3O3. The number of nitrogens with zero attached hydrogens (tertiary/aromatic N) is 2. The summed E-state index contributed by atoms with van der Waals surface area (Å²) in [5.74, 6) is 0.474. The van der Waals surface area contributed by atoms with E-state index in [1.807, 2.05) is 11.9 Å². The van der Waals surface area contributed by atoms with E-state index < -0.39 is 0 Å². The number of rotatable bonds is 6. The summed E-state index contributed by atoms with van der Waals surface area (Å²) >= 11 is 6.69. The van der Waals surface area contributed by atoms with Gasteiger partial charge in [0.2, 0.25) is 11.8 Å².